The lowest BCUT2D eigenvalue weighted by molar-refractivity contribution is -0.123. The number of hydrogen-bond donors (Lipinski definition) is 3. The van der Waals surface area contributed by atoms with Gasteiger partial charge < -0.3 is 11.2 Å². The van der Waals surface area contributed by atoms with Gasteiger partial charge in [-0.15, -0.1) is 0 Å². The van der Waals surface area contributed by atoms with Gasteiger partial charge in [-0.3, -0.25) is 9.69 Å². The van der Waals surface area contributed by atoms with Crippen molar-refractivity contribution in [3.63, 3.8) is 0 Å². The Balaban J connectivity index is 1.93. The van der Waals surface area contributed by atoms with Crippen LogP contribution in [0.15, 0.2) is 18.3 Å². The number of nitrogens with zero attached hydrogens (tertiary/aromatic N) is 2. The summed E-state index contributed by atoms with van der Waals surface area (Å²) in [7, 11) is 0. The number of pyridine rings is 1. The number of likely N-dealkylation sites (tertiary alicyclic amines) is 1. The molecule has 1 saturated heterocycles. The fraction of sp³-hybridized carbons (Fsp3) is 0.500. The molecule has 0 spiro atoms. The van der Waals surface area contributed by atoms with Gasteiger partial charge >= 0.3 is 0 Å². The second-order valence-corrected chi connectivity index (χ2v) is 4.61. The van der Waals surface area contributed by atoms with Gasteiger partial charge in [0.15, 0.2) is 0 Å². The minimum absolute atomic E-state index is 0.0299. The highest BCUT2D eigenvalue weighted by molar-refractivity contribution is 5.76. The lowest BCUT2D eigenvalue weighted by Gasteiger charge is -2.30. The molecule has 1 aromatic heterocycles. The molecule has 0 aliphatic carbocycles. The Hall–Kier alpha value is -1.66. The Bertz CT molecular complexity index is 415. The van der Waals surface area contributed by atoms with Crippen LogP contribution >= 0.6 is 0 Å². The molecule has 0 unspecified atom stereocenters. The molecule has 0 aromatic carbocycles. The number of aromatic nitrogens is 1. The Labute approximate surface area is 106 Å². The molecule has 0 atom stereocenters. The predicted octanol–water partition coefficient (Wildman–Crippen LogP) is 0.0645. The monoisotopic (exact) mass is 249 g/mol. The van der Waals surface area contributed by atoms with Gasteiger partial charge in [0.1, 0.15) is 5.82 Å². The van der Waals surface area contributed by atoms with Crippen molar-refractivity contribution in [3.05, 3.63) is 23.9 Å². The summed E-state index contributed by atoms with van der Waals surface area (Å²) in [6, 6.07) is 3.90. The van der Waals surface area contributed by atoms with Crippen LogP contribution in [-0.4, -0.2) is 28.9 Å². The van der Waals surface area contributed by atoms with Gasteiger partial charge in [-0.05, 0) is 32.0 Å². The molecular formula is C12H19N5O. The van der Waals surface area contributed by atoms with E-state index in [4.69, 9.17) is 11.6 Å². The zero-order valence-electron chi connectivity index (χ0n) is 10.3. The van der Waals surface area contributed by atoms with E-state index in [-0.39, 0.29) is 11.8 Å². The zero-order chi connectivity index (χ0) is 13.0. The fourth-order valence-electron chi connectivity index (χ4n) is 2.31. The average Bonchev–Trinajstić information content (AvgIpc) is 2.40. The molecule has 2 rings (SSSR count). The number of primary amides is 1. The van der Waals surface area contributed by atoms with Crippen LogP contribution in [0.2, 0.25) is 0 Å². The summed E-state index contributed by atoms with van der Waals surface area (Å²) in [5.74, 6) is 5.98. The highest BCUT2D eigenvalue weighted by Crippen LogP contribution is 2.20. The molecule has 18 heavy (non-hydrogen) atoms. The lowest BCUT2D eigenvalue weighted by Crippen LogP contribution is -2.38. The molecular weight excluding hydrogens is 230 g/mol. The van der Waals surface area contributed by atoms with E-state index in [0.717, 1.165) is 38.0 Å². The van der Waals surface area contributed by atoms with Gasteiger partial charge in [-0.1, -0.05) is 6.07 Å². The number of amides is 1. The third-order valence-corrected chi connectivity index (χ3v) is 3.41. The topological polar surface area (TPSA) is 97.3 Å². The number of carbonyl (C=O) groups is 1. The number of nitrogen functional groups attached to an aromatic ring is 1. The third kappa shape index (κ3) is 2.96. The normalized spacial score (nSPS) is 17.6. The van der Waals surface area contributed by atoms with Crippen molar-refractivity contribution in [2.45, 2.75) is 19.4 Å². The van der Waals surface area contributed by atoms with Crippen molar-refractivity contribution < 1.29 is 4.79 Å². The van der Waals surface area contributed by atoms with Crippen LogP contribution in [0, 0.1) is 5.92 Å². The summed E-state index contributed by atoms with van der Waals surface area (Å²) in [5, 5.41) is 0. The number of carbonyl (C=O) groups excluding carboxylic acids is 1. The molecule has 1 amide bonds. The van der Waals surface area contributed by atoms with Crippen molar-refractivity contribution >= 4 is 11.7 Å². The van der Waals surface area contributed by atoms with Crippen molar-refractivity contribution in [3.8, 4) is 0 Å². The van der Waals surface area contributed by atoms with Gasteiger partial charge in [0, 0.05) is 24.2 Å². The lowest BCUT2D eigenvalue weighted by atomic mass is 9.96. The number of hydrazine groups is 1. The Morgan fingerprint density at radius 2 is 2.22 bits per heavy atom. The Kier molecular flexibility index (Phi) is 4.11. The van der Waals surface area contributed by atoms with E-state index in [1.807, 2.05) is 12.1 Å². The zero-order valence-corrected chi connectivity index (χ0v) is 10.3. The van der Waals surface area contributed by atoms with Crippen LogP contribution in [0.1, 0.15) is 18.4 Å². The number of hydrogen-bond acceptors (Lipinski definition) is 5. The first-order chi connectivity index (χ1) is 8.70. The average molecular weight is 249 g/mol. The minimum Gasteiger partial charge on any atom is -0.369 e. The third-order valence-electron chi connectivity index (χ3n) is 3.41. The second-order valence-electron chi connectivity index (χ2n) is 4.61. The Morgan fingerprint density at radius 1 is 1.50 bits per heavy atom. The molecule has 1 aliphatic rings. The molecule has 0 bridgehead atoms. The van der Waals surface area contributed by atoms with Crippen molar-refractivity contribution in [2.75, 3.05) is 18.5 Å². The second kappa shape index (κ2) is 5.79. The molecule has 1 aromatic rings. The van der Waals surface area contributed by atoms with Gasteiger partial charge in [-0.2, -0.15) is 0 Å². The summed E-state index contributed by atoms with van der Waals surface area (Å²) in [6.07, 6.45) is 3.37. The van der Waals surface area contributed by atoms with Crippen molar-refractivity contribution in [1.82, 2.24) is 9.88 Å². The summed E-state index contributed by atoms with van der Waals surface area (Å²) in [6.45, 7) is 2.55. The maximum atomic E-state index is 11.1. The predicted molar refractivity (Wildman–Crippen MR) is 69.2 cm³/mol. The fourth-order valence-corrected chi connectivity index (χ4v) is 2.31. The molecule has 0 saturated carbocycles. The maximum absolute atomic E-state index is 11.1. The number of rotatable bonds is 4. The number of nitrogens with two attached hydrogens (primary N) is 2. The van der Waals surface area contributed by atoms with E-state index in [1.165, 1.54) is 0 Å². The molecule has 1 fully saturated rings. The van der Waals surface area contributed by atoms with E-state index >= 15 is 0 Å². The molecule has 5 N–H and O–H groups in total. The van der Waals surface area contributed by atoms with Gasteiger partial charge in [0.2, 0.25) is 5.91 Å². The van der Waals surface area contributed by atoms with Gasteiger partial charge in [0.25, 0.3) is 0 Å². The quantitative estimate of drug-likeness (QED) is 0.518. The molecule has 0 radical (unpaired) electrons. The largest absolute Gasteiger partial charge is 0.369 e. The first kappa shape index (κ1) is 12.8. The number of anilines is 1. The van der Waals surface area contributed by atoms with Crippen LogP contribution < -0.4 is 17.0 Å². The molecule has 98 valence electrons. The van der Waals surface area contributed by atoms with Gasteiger partial charge in [-0.25, -0.2) is 10.8 Å². The maximum Gasteiger partial charge on any atom is 0.220 e. The summed E-state index contributed by atoms with van der Waals surface area (Å²) in [5.41, 5.74) is 8.98. The standard InChI is InChI=1S/C12H19N5O/c13-11(18)9-3-6-17(7-4-9)8-10-2-1-5-15-12(10)16-14/h1-2,5,9H,3-4,6-8,14H2,(H2,13,18)(H,15,16). The van der Waals surface area contributed by atoms with Crippen molar-refractivity contribution in [2.24, 2.45) is 17.5 Å². The van der Waals surface area contributed by atoms with E-state index in [1.54, 1.807) is 6.20 Å². The minimum atomic E-state index is -0.180. The van der Waals surface area contributed by atoms with Crippen LogP contribution in [-0.2, 0) is 11.3 Å². The smallest absolute Gasteiger partial charge is 0.220 e. The van der Waals surface area contributed by atoms with Crippen molar-refractivity contribution in [1.29, 1.82) is 0 Å². The summed E-state index contributed by atoms with van der Waals surface area (Å²) < 4.78 is 0. The SMILES string of the molecule is NNc1ncccc1CN1CCC(C(N)=O)CC1. The highest BCUT2D eigenvalue weighted by Gasteiger charge is 2.23. The van der Waals surface area contributed by atoms with E-state index in [2.05, 4.69) is 15.3 Å². The van der Waals surface area contributed by atoms with E-state index in [0.29, 0.717) is 5.82 Å². The summed E-state index contributed by atoms with van der Waals surface area (Å²) in [4.78, 5) is 17.5. The molecule has 2 heterocycles. The molecule has 1 aliphatic heterocycles. The van der Waals surface area contributed by atoms with Crippen LogP contribution in [0.25, 0.3) is 0 Å². The van der Waals surface area contributed by atoms with Gasteiger partial charge in [0.05, 0.1) is 0 Å². The van der Waals surface area contributed by atoms with Crippen LogP contribution in [0.3, 0.4) is 0 Å². The molecule has 6 nitrogen and oxygen atoms in total. The highest BCUT2D eigenvalue weighted by atomic mass is 16.1. The number of piperidine rings is 1. The molecule has 6 heteroatoms. The first-order valence-corrected chi connectivity index (χ1v) is 6.13. The van der Waals surface area contributed by atoms with Crippen LogP contribution in [0.5, 0.6) is 0 Å². The van der Waals surface area contributed by atoms with Crippen LogP contribution in [0.4, 0.5) is 5.82 Å². The number of nitrogens with one attached hydrogen (secondary N) is 1. The first-order valence-electron chi connectivity index (χ1n) is 6.13. The summed E-state index contributed by atoms with van der Waals surface area (Å²) >= 11 is 0. The van der Waals surface area contributed by atoms with E-state index < -0.39 is 0 Å². The Morgan fingerprint density at radius 3 is 2.83 bits per heavy atom. The van der Waals surface area contributed by atoms with E-state index in [9.17, 15) is 4.79 Å².